The molecule has 1 rings (SSSR count). The first-order chi connectivity index (χ1) is 9.42. The van der Waals surface area contributed by atoms with E-state index < -0.39 is 0 Å². The molecule has 1 aromatic rings. The number of nitrogens with two attached hydrogens (primary N) is 1. The molecule has 0 heterocycles. The molecule has 5 nitrogen and oxygen atoms in total. The number of benzene rings is 1. The van der Waals surface area contributed by atoms with Crippen LogP contribution in [0.3, 0.4) is 0 Å². The minimum atomic E-state index is 0.250. The van der Waals surface area contributed by atoms with E-state index in [4.69, 9.17) is 15.9 Å². The average Bonchev–Trinajstić information content (AvgIpc) is 2.39. The van der Waals surface area contributed by atoms with E-state index in [-0.39, 0.29) is 6.61 Å². The third-order valence-corrected chi connectivity index (χ3v) is 2.51. The van der Waals surface area contributed by atoms with Gasteiger partial charge in [-0.05, 0) is 51.7 Å². The van der Waals surface area contributed by atoms with E-state index in [1.165, 1.54) is 11.3 Å². The molecule has 0 radical (unpaired) electrons. The Labute approximate surface area is 123 Å². The molecule has 0 fully saturated rings. The van der Waals surface area contributed by atoms with Crippen LogP contribution in [-0.4, -0.2) is 63.1 Å². The first-order valence-electron chi connectivity index (χ1n) is 6.69. The third-order valence-electron chi connectivity index (χ3n) is 2.51. The molecule has 0 aliphatic rings. The number of hydrogen-bond donors (Lipinski definition) is 3. The average molecular weight is 285 g/mol. The van der Waals surface area contributed by atoms with Crippen molar-refractivity contribution in [3.05, 3.63) is 23.8 Å². The van der Waals surface area contributed by atoms with Crippen LogP contribution in [0.1, 0.15) is 12.5 Å². The molecule has 118 valence electrons. The van der Waals surface area contributed by atoms with Crippen LogP contribution in [-0.2, 0) is 0 Å². The SMILES string of the molecule is CCO.CO.Cc1cc(N)ccc1N(C)CCN(C)C. The molecule has 0 aliphatic carbocycles. The molecule has 0 aliphatic heterocycles. The summed E-state index contributed by atoms with van der Waals surface area (Å²) in [5.74, 6) is 0. The maximum Gasteiger partial charge on any atom is 0.0402 e. The zero-order valence-corrected chi connectivity index (χ0v) is 13.7. The van der Waals surface area contributed by atoms with Gasteiger partial charge in [0.05, 0.1) is 0 Å². The van der Waals surface area contributed by atoms with Crippen LogP contribution in [0.15, 0.2) is 18.2 Å². The molecule has 0 aromatic heterocycles. The van der Waals surface area contributed by atoms with Gasteiger partial charge in [0, 0.05) is 45.2 Å². The number of anilines is 2. The summed E-state index contributed by atoms with van der Waals surface area (Å²) in [6, 6.07) is 6.05. The zero-order chi connectivity index (χ0) is 16.1. The van der Waals surface area contributed by atoms with Gasteiger partial charge in [-0.3, -0.25) is 0 Å². The molecule has 20 heavy (non-hydrogen) atoms. The van der Waals surface area contributed by atoms with Gasteiger partial charge in [-0.15, -0.1) is 0 Å². The molecule has 0 saturated carbocycles. The lowest BCUT2D eigenvalue weighted by Crippen LogP contribution is -2.28. The predicted molar refractivity (Wildman–Crippen MR) is 88.3 cm³/mol. The second-order valence-electron chi connectivity index (χ2n) is 4.59. The number of rotatable bonds is 4. The van der Waals surface area contributed by atoms with Crippen molar-refractivity contribution in [3.8, 4) is 0 Å². The molecule has 0 spiro atoms. The number of nitrogens with zero attached hydrogens (tertiary/aromatic N) is 2. The molecule has 5 heteroatoms. The smallest absolute Gasteiger partial charge is 0.0402 e. The zero-order valence-electron chi connectivity index (χ0n) is 13.7. The highest BCUT2D eigenvalue weighted by atomic mass is 16.2. The quantitative estimate of drug-likeness (QED) is 0.725. The van der Waals surface area contributed by atoms with Crippen molar-refractivity contribution >= 4 is 11.4 Å². The lowest BCUT2D eigenvalue weighted by Gasteiger charge is -2.23. The number of aryl methyl sites for hydroxylation is 1. The summed E-state index contributed by atoms with van der Waals surface area (Å²) < 4.78 is 0. The number of nitrogen functional groups attached to an aromatic ring is 1. The summed E-state index contributed by atoms with van der Waals surface area (Å²) in [5.41, 5.74) is 9.04. The second-order valence-corrected chi connectivity index (χ2v) is 4.59. The van der Waals surface area contributed by atoms with E-state index in [0.29, 0.717) is 0 Å². The van der Waals surface area contributed by atoms with Crippen LogP contribution in [0, 0.1) is 6.92 Å². The molecule has 0 atom stereocenters. The Morgan fingerprint density at radius 3 is 2.00 bits per heavy atom. The number of likely N-dealkylation sites (N-methyl/N-ethyl adjacent to an activating group) is 2. The lowest BCUT2D eigenvalue weighted by molar-refractivity contribution is 0.318. The van der Waals surface area contributed by atoms with E-state index in [1.54, 1.807) is 6.92 Å². The normalized spacial score (nSPS) is 9.25. The van der Waals surface area contributed by atoms with Crippen molar-refractivity contribution in [1.82, 2.24) is 4.90 Å². The van der Waals surface area contributed by atoms with E-state index in [9.17, 15) is 0 Å². The number of hydrogen-bond acceptors (Lipinski definition) is 5. The minimum Gasteiger partial charge on any atom is -0.400 e. The van der Waals surface area contributed by atoms with E-state index in [1.807, 2.05) is 12.1 Å². The van der Waals surface area contributed by atoms with Crippen molar-refractivity contribution in [1.29, 1.82) is 0 Å². The van der Waals surface area contributed by atoms with E-state index >= 15 is 0 Å². The summed E-state index contributed by atoms with van der Waals surface area (Å²) in [6.45, 7) is 6.11. The largest absolute Gasteiger partial charge is 0.400 e. The summed E-state index contributed by atoms with van der Waals surface area (Å²) in [7, 11) is 7.29. The Balaban J connectivity index is 0. The maximum absolute atomic E-state index is 7.57. The Hall–Kier alpha value is -1.30. The van der Waals surface area contributed by atoms with Gasteiger partial charge in [0.1, 0.15) is 0 Å². The molecule has 0 bridgehead atoms. The summed E-state index contributed by atoms with van der Waals surface area (Å²) in [5, 5.41) is 14.6. The van der Waals surface area contributed by atoms with Crippen LogP contribution in [0.5, 0.6) is 0 Å². The minimum absolute atomic E-state index is 0.250. The Morgan fingerprint density at radius 2 is 1.60 bits per heavy atom. The predicted octanol–water partition coefficient (Wildman–Crippen LogP) is 1.18. The summed E-state index contributed by atoms with van der Waals surface area (Å²) in [6.07, 6.45) is 0. The molecule has 4 N–H and O–H groups in total. The summed E-state index contributed by atoms with van der Waals surface area (Å²) in [4.78, 5) is 4.44. The van der Waals surface area contributed by atoms with E-state index in [0.717, 1.165) is 25.9 Å². The maximum atomic E-state index is 7.57. The van der Waals surface area contributed by atoms with Gasteiger partial charge < -0.3 is 25.7 Å². The van der Waals surface area contributed by atoms with Crippen LogP contribution >= 0.6 is 0 Å². The van der Waals surface area contributed by atoms with Crippen molar-refractivity contribution in [2.24, 2.45) is 0 Å². The lowest BCUT2D eigenvalue weighted by atomic mass is 10.1. The second kappa shape index (κ2) is 12.7. The van der Waals surface area contributed by atoms with Gasteiger partial charge in [0.2, 0.25) is 0 Å². The number of aliphatic hydroxyl groups is 2. The monoisotopic (exact) mass is 285 g/mol. The molecular weight excluding hydrogens is 254 g/mol. The fourth-order valence-electron chi connectivity index (χ4n) is 1.58. The Kier molecular flexibility index (Phi) is 13.4. The molecule has 0 saturated heterocycles. The van der Waals surface area contributed by atoms with Crippen LogP contribution in [0.25, 0.3) is 0 Å². The topological polar surface area (TPSA) is 73.0 Å². The van der Waals surface area contributed by atoms with Gasteiger partial charge in [-0.25, -0.2) is 0 Å². The third kappa shape index (κ3) is 9.61. The van der Waals surface area contributed by atoms with Gasteiger partial charge in [-0.1, -0.05) is 0 Å². The van der Waals surface area contributed by atoms with Crippen molar-refractivity contribution < 1.29 is 10.2 Å². The fourth-order valence-corrected chi connectivity index (χ4v) is 1.58. The molecule has 1 aromatic carbocycles. The van der Waals surface area contributed by atoms with Gasteiger partial charge in [0.15, 0.2) is 0 Å². The van der Waals surface area contributed by atoms with Crippen molar-refractivity contribution in [3.63, 3.8) is 0 Å². The van der Waals surface area contributed by atoms with Crippen molar-refractivity contribution in [2.45, 2.75) is 13.8 Å². The van der Waals surface area contributed by atoms with Gasteiger partial charge in [-0.2, -0.15) is 0 Å². The van der Waals surface area contributed by atoms with Gasteiger partial charge in [0.25, 0.3) is 0 Å². The first kappa shape index (κ1) is 21.0. The summed E-state index contributed by atoms with van der Waals surface area (Å²) >= 11 is 0. The highest BCUT2D eigenvalue weighted by molar-refractivity contribution is 5.58. The molecule has 0 amide bonds. The Morgan fingerprint density at radius 1 is 1.10 bits per heavy atom. The number of aliphatic hydroxyl groups excluding tert-OH is 2. The highest BCUT2D eigenvalue weighted by Gasteiger charge is 2.04. The Bertz CT molecular complexity index is 344. The van der Waals surface area contributed by atoms with Gasteiger partial charge >= 0.3 is 0 Å². The molecular formula is C15H31N3O2. The standard InChI is InChI=1S/C12H21N3.C2H6O.CH4O/c1-10-9-11(13)5-6-12(10)15(4)8-7-14(2)3;1-2-3;1-2/h5-6,9H,7-8,13H2,1-4H3;3H,2H2,1H3;2H,1H3. The van der Waals surface area contributed by atoms with Crippen molar-refractivity contribution in [2.75, 3.05) is 58.6 Å². The first-order valence-corrected chi connectivity index (χ1v) is 6.69. The van der Waals surface area contributed by atoms with Crippen LogP contribution in [0.4, 0.5) is 11.4 Å². The molecule has 0 unspecified atom stereocenters. The van der Waals surface area contributed by atoms with E-state index in [2.05, 4.69) is 43.9 Å². The highest BCUT2D eigenvalue weighted by Crippen LogP contribution is 2.20. The van der Waals surface area contributed by atoms with Crippen LogP contribution < -0.4 is 10.6 Å². The van der Waals surface area contributed by atoms with Crippen LogP contribution in [0.2, 0.25) is 0 Å². The fraction of sp³-hybridized carbons (Fsp3) is 0.600.